The summed E-state index contributed by atoms with van der Waals surface area (Å²) in [7, 11) is 0. The number of aliphatic hydroxyl groups is 1. The first-order chi connectivity index (χ1) is 9.59. The molecule has 0 saturated carbocycles. The smallest absolute Gasteiger partial charge is 0.335 e. The van der Waals surface area contributed by atoms with Gasteiger partial charge in [0.15, 0.2) is 6.10 Å². The van der Waals surface area contributed by atoms with Crippen LogP contribution in [0.5, 0.6) is 0 Å². The minimum Gasteiger partial charge on any atom is -0.464 e. The van der Waals surface area contributed by atoms with E-state index < -0.39 is 11.7 Å². The van der Waals surface area contributed by atoms with Gasteiger partial charge in [-0.25, -0.2) is 4.79 Å². The molecule has 2 rings (SSSR count). The highest BCUT2D eigenvalue weighted by Crippen LogP contribution is 2.38. The molecule has 1 aromatic carbocycles. The number of esters is 1. The lowest BCUT2D eigenvalue weighted by Gasteiger charge is -2.40. The maximum absolute atomic E-state index is 11.9. The maximum atomic E-state index is 11.9. The minimum atomic E-state index is -1.03. The molecule has 1 fully saturated rings. The SMILES string of the molecule is CCOC(=O)[C@@H]1C[C@](O)(c2ccccc2)C[C@H](CC)O1. The van der Waals surface area contributed by atoms with E-state index in [1.54, 1.807) is 6.92 Å². The van der Waals surface area contributed by atoms with Gasteiger partial charge in [-0.05, 0) is 18.9 Å². The molecule has 3 atom stereocenters. The molecule has 20 heavy (non-hydrogen) atoms. The van der Waals surface area contributed by atoms with Gasteiger partial charge in [-0.1, -0.05) is 37.3 Å². The number of carbonyl (C=O) groups excluding carboxylic acids is 1. The molecule has 1 N–H and O–H groups in total. The second-order valence-electron chi connectivity index (χ2n) is 5.21. The Morgan fingerprint density at radius 2 is 2.05 bits per heavy atom. The van der Waals surface area contributed by atoms with Crippen LogP contribution in [0.2, 0.25) is 0 Å². The van der Waals surface area contributed by atoms with Gasteiger partial charge in [0, 0.05) is 12.8 Å². The van der Waals surface area contributed by atoms with Crippen LogP contribution in [0.3, 0.4) is 0 Å². The van der Waals surface area contributed by atoms with Crippen LogP contribution in [0.4, 0.5) is 0 Å². The zero-order valence-corrected chi connectivity index (χ0v) is 12.0. The lowest BCUT2D eigenvalue weighted by Crippen LogP contribution is -2.46. The molecule has 110 valence electrons. The lowest BCUT2D eigenvalue weighted by molar-refractivity contribution is -0.186. The van der Waals surface area contributed by atoms with Gasteiger partial charge in [-0.3, -0.25) is 0 Å². The maximum Gasteiger partial charge on any atom is 0.335 e. The minimum absolute atomic E-state index is 0.136. The van der Waals surface area contributed by atoms with E-state index in [1.165, 1.54) is 0 Å². The van der Waals surface area contributed by atoms with Crippen molar-refractivity contribution in [2.75, 3.05) is 6.61 Å². The van der Waals surface area contributed by atoms with Crippen LogP contribution < -0.4 is 0 Å². The fourth-order valence-electron chi connectivity index (χ4n) is 2.69. The standard InChI is InChI=1S/C16H22O4/c1-3-13-10-16(18,12-8-6-5-7-9-12)11-14(20-13)15(17)19-4-2/h5-9,13-14,18H,3-4,10-11H2,1-2H3/t13-,14-,16-/m0/s1. The monoisotopic (exact) mass is 278 g/mol. The number of rotatable bonds is 4. The van der Waals surface area contributed by atoms with Gasteiger partial charge in [0.1, 0.15) is 0 Å². The van der Waals surface area contributed by atoms with Crippen molar-refractivity contribution in [3.63, 3.8) is 0 Å². The topological polar surface area (TPSA) is 55.8 Å². The molecule has 1 aliphatic heterocycles. The summed E-state index contributed by atoms with van der Waals surface area (Å²) in [4.78, 5) is 11.9. The van der Waals surface area contributed by atoms with Crippen LogP contribution in [0.1, 0.15) is 38.7 Å². The largest absolute Gasteiger partial charge is 0.464 e. The first-order valence-corrected chi connectivity index (χ1v) is 7.19. The molecule has 0 unspecified atom stereocenters. The van der Waals surface area contributed by atoms with Gasteiger partial charge in [-0.15, -0.1) is 0 Å². The Bertz CT molecular complexity index is 445. The van der Waals surface area contributed by atoms with Crippen LogP contribution in [-0.2, 0) is 19.9 Å². The van der Waals surface area contributed by atoms with E-state index in [2.05, 4.69) is 0 Å². The average Bonchev–Trinajstić information content (AvgIpc) is 2.48. The van der Waals surface area contributed by atoms with E-state index in [0.29, 0.717) is 13.0 Å². The van der Waals surface area contributed by atoms with Crippen molar-refractivity contribution in [3.8, 4) is 0 Å². The van der Waals surface area contributed by atoms with Crippen molar-refractivity contribution in [2.24, 2.45) is 0 Å². The van der Waals surface area contributed by atoms with Gasteiger partial charge >= 0.3 is 5.97 Å². The van der Waals surface area contributed by atoms with Crippen molar-refractivity contribution in [3.05, 3.63) is 35.9 Å². The van der Waals surface area contributed by atoms with Gasteiger partial charge in [0.25, 0.3) is 0 Å². The number of ether oxygens (including phenoxy) is 2. The zero-order valence-electron chi connectivity index (χ0n) is 12.0. The lowest BCUT2D eigenvalue weighted by atomic mass is 9.80. The molecule has 0 spiro atoms. The normalized spacial score (nSPS) is 29.9. The quantitative estimate of drug-likeness (QED) is 0.859. The fraction of sp³-hybridized carbons (Fsp3) is 0.562. The Labute approximate surface area is 119 Å². The Balaban J connectivity index is 2.22. The predicted molar refractivity (Wildman–Crippen MR) is 75.2 cm³/mol. The van der Waals surface area contributed by atoms with Crippen LogP contribution in [-0.4, -0.2) is 29.9 Å². The van der Waals surface area contributed by atoms with Crippen molar-refractivity contribution in [1.82, 2.24) is 0 Å². The molecule has 0 aromatic heterocycles. The molecule has 4 heteroatoms. The molecule has 1 heterocycles. The molecule has 0 aliphatic carbocycles. The Hall–Kier alpha value is -1.39. The van der Waals surface area contributed by atoms with E-state index in [-0.39, 0.29) is 18.5 Å². The van der Waals surface area contributed by atoms with Crippen LogP contribution in [0, 0.1) is 0 Å². The first-order valence-electron chi connectivity index (χ1n) is 7.19. The Kier molecular flexibility index (Phi) is 4.78. The van der Waals surface area contributed by atoms with Crippen LogP contribution in [0.25, 0.3) is 0 Å². The Morgan fingerprint density at radius 1 is 1.35 bits per heavy atom. The van der Waals surface area contributed by atoms with Crippen molar-refractivity contribution in [1.29, 1.82) is 0 Å². The predicted octanol–water partition coefficient (Wildman–Crippen LogP) is 2.39. The summed E-state index contributed by atoms with van der Waals surface area (Å²) in [5, 5.41) is 10.9. The third-order valence-corrected chi connectivity index (χ3v) is 3.76. The van der Waals surface area contributed by atoms with Gasteiger partial charge in [0.2, 0.25) is 0 Å². The molecule has 1 aromatic rings. The molecule has 0 bridgehead atoms. The first kappa shape index (κ1) is 15.0. The highest BCUT2D eigenvalue weighted by atomic mass is 16.6. The van der Waals surface area contributed by atoms with Crippen molar-refractivity contribution in [2.45, 2.75) is 50.9 Å². The summed E-state index contributed by atoms with van der Waals surface area (Å²) in [5.41, 5.74) is -0.200. The Morgan fingerprint density at radius 3 is 2.65 bits per heavy atom. The summed E-state index contributed by atoms with van der Waals surface area (Å²) in [5.74, 6) is -0.389. The van der Waals surface area contributed by atoms with E-state index in [1.807, 2.05) is 37.3 Å². The molecule has 1 aliphatic rings. The number of hydrogen-bond donors (Lipinski definition) is 1. The summed E-state index contributed by atoms with van der Waals surface area (Å²) < 4.78 is 10.8. The molecule has 0 amide bonds. The van der Waals surface area contributed by atoms with Crippen molar-refractivity contribution >= 4 is 5.97 Å². The van der Waals surface area contributed by atoms with Gasteiger partial charge in [0.05, 0.1) is 18.3 Å². The third kappa shape index (κ3) is 3.19. The molecule has 1 saturated heterocycles. The number of benzene rings is 1. The number of hydrogen-bond acceptors (Lipinski definition) is 4. The van der Waals surface area contributed by atoms with Gasteiger partial charge in [-0.2, -0.15) is 0 Å². The van der Waals surface area contributed by atoms with Gasteiger partial charge < -0.3 is 14.6 Å². The summed E-state index contributed by atoms with van der Waals surface area (Å²) in [6.07, 6.45) is 0.670. The van der Waals surface area contributed by atoms with E-state index in [0.717, 1.165) is 12.0 Å². The third-order valence-electron chi connectivity index (χ3n) is 3.76. The molecular weight excluding hydrogens is 256 g/mol. The van der Waals surface area contributed by atoms with Crippen LogP contribution >= 0.6 is 0 Å². The zero-order chi connectivity index (χ0) is 14.6. The number of carbonyl (C=O) groups is 1. The van der Waals surface area contributed by atoms with Crippen LogP contribution in [0.15, 0.2) is 30.3 Å². The summed E-state index contributed by atoms with van der Waals surface area (Å²) in [6.45, 7) is 4.07. The molecular formula is C16H22O4. The summed E-state index contributed by atoms with van der Waals surface area (Å²) in [6, 6.07) is 9.47. The highest BCUT2D eigenvalue weighted by Gasteiger charge is 2.43. The second-order valence-corrected chi connectivity index (χ2v) is 5.21. The highest BCUT2D eigenvalue weighted by molar-refractivity contribution is 5.75. The molecule has 0 radical (unpaired) electrons. The van der Waals surface area contributed by atoms with E-state index in [9.17, 15) is 9.90 Å². The fourth-order valence-corrected chi connectivity index (χ4v) is 2.69. The summed E-state index contributed by atoms with van der Waals surface area (Å²) >= 11 is 0. The molecule has 4 nitrogen and oxygen atoms in total. The van der Waals surface area contributed by atoms with Crippen molar-refractivity contribution < 1.29 is 19.4 Å². The second kappa shape index (κ2) is 6.37. The average molecular weight is 278 g/mol. The van der Waals surface area contributed by atoms with E-state index in [4.69, 9.17) is 9.47 Å². The van der Waals surface area contributed by atoms with E-state index >= 15 is 0 Å².